The number of rotatable bonds is 5. The number of amides is 2. The van der Waals surface area contributed by atoms with Gasteiger partial charge in [-0.1, -0.05) is 29.8 Å². The van der Waals surface area contributed by atoms with Gasteiger partial charge in [0.2, 0.25) is 11.8 Å². The van der Waals surface area contributed by atoms with Gasteiger partial charge in [0.15, 0.2) is 0 Å². The lowest BCUT2D eigenvalue weighted by Crippen LogP contribution is -2.40. The van der Waals surface area contributed by atoms with E-state index in [0.717, 1.165) is 38.0 Å². The van der Waals surface area contributed by atoms with Crippen LogP contribution in [0.4, 0.5) is 0 Å². The number of benzene rings is 1. The topological polar surface area (TPSA) is 67.9 Å². The number of aryl methyl sites for hydroxylation is 1. The van der Waals surface area contributed by atoms with Gasteiger partial charge in [-0.3, -0.25) is 9.59 Å². The molecule has 6 nitrogen and oxygen atoms in total. The van der Waals surface area contributed by atoms with Crippen molar-refractivity contribution in [2.45, 2.75) is 44.8 Å². The van der Waals surface area contributed by atoms with Gasteiger partial charge in [-0.05, 0) is 37.7 Å². The molecule has 0 aromatic heterocycles. The molecule has 0 spiro atoms. The molecule has 2 amide bonds. The van der Waals surface area contributed by atoms with E-state index < -0.39 is 0 Å². The molecule has 3 aliphatic rings. The second-order valence-electron chi connectivity index (χ2n) is 8.31. The van der Waals surface area contributed by atoms with Crippen LogP contribution in [0.25, 0.3) is 0 Å². The zero-order chi connectivity index (χ0) is 19.5. The zero-order valence-electron chi connectivity index (χ0n) is 16.6. The van der Waals surface area contributed by atoms with Crippen LogP contribution in [-0.2, 0) is 25.5 Å². The zero-order valence-corrected chi connectivity index (χ0v) is 16.6. The number of hydrogen-bond donors (Lipinski definition) is 1. The molecule has 3 aliphatic heterocycles. The van der Waals surface area contributed by atoms with Crippen LogP contribution in [0, 0.1) is 18.8 Å². The molecular weight excluding hydrogens is 356 g/mol. The molecule has 4 rings (SSSR count). The molecule has 3 atom stereocenters. The number of carbonyl (C=O) groups excluding carboxylic acids is 2. The van der Waals surface area contributed by atoms with E-state index in [4.69, 9.17) is 9.47 Å². The first-order valence-corrected chi connectivity index (χ1v) is 10.4. The summed E-state index contributed by atoms with van der Waals surface area (Å²) < 4.78 is 11.3. The smallest absolute Gasteiger partial charge is 0.227 e. The number of nitrogens with one attached hydrogen (secondary N) is 1. The summed E-state index contributed by atoms with van der Waals surface area (Å²) in [6.45, 7) is 5.36. The predicted octanol–water partition coefficient (Wildman–Crippen LogP) is 1.70. The molecule has 0 unspecified atom stereocenters. The van der Waals surface area contributed by atoms with Gasteiger partial charge in [-0.15, -0.1) is 0 Å². The van der Waals surface area contributed by atoms with E-state index in [1.54, 1.807) is 0 Å². The van der Waals surface area contributed by atoms with Crippen LogP contribution in [0.15, 0.2) is 24.3 Å². The maximum Gasteiger partial charge on any atom is 0.227 e. The first kappa shape index (κ1) is 19.4. The lowest BCUT2D eigenvalue weighted by Gasteiger charge is -2.23. The van der Waals surface area contributed by atoms with E-state index in [-0.39, 0.29) is 29.9 Å². The summed E-state index contributed by atoms with van der Waals surface area (Å²) >= 11 is 0. The normalized spacial score (nSPS) is 27.6. The molecule has 3 heterocycles. The van der Waals surface area contributed by atoms with Crippen molar-refractivity contribution in [3.63, 3.8) is 0 Å². The summed E-state index contributed by atoms with van der Waals surface area (Å²) in [6, 6.07) is 8.09. The summed E-state index contributed by atoms with van der Waals surface area (Å²) in [6.07, 6.45) is 3.01. The maximum atomic E-state index is 12.9. The van der Waals surface area contributed by atoms with Gasteiger partial charge in [0.1, 0.15) is 0 Å². The van der Waals surface area contributed by atoms with E-state index in [9.17, 15) is 9.59 Å². The van der Waals surface area contributed by atoms with Crippen LogP contribution < -0.4 is 5.32 Å². The number of likely N-dealkylation sites (tertiary alicyclic amines) is 1. The van der Waals surface area contributed by atoms with Crippen molar-refractivity contribution in [3.8, 4) is 0 Å². The maximum absolute atomic E-state index is 12.9. The molecule has 28 heavy (non-hydrogen) atoms. The minimum atomic E-state index is -0.269. The lowest BCUT2D eigenvalue weighted by atomic mass is 9.98. The Morgan fingerprint density at radius 2 is 1.86 bits per heavy atom. The van der Waals surface area contributed by atoms with Crippen molar-refractivity contribution in [2.75, 3.05) is 32.9 Å². The second-order valence-corrected chi connectivity index (χ2v) is 8.31. The quantitative estimate of drug-likeness (QED) is 0.836. The molecule has 0 radical (unpaired) electrons. The van der Waals surface area contributed by atoms with Gasteiger partial charge < -0.3 is 19.7 Å². The average molecular weight is 386 g/mol. The second kappa shape index (κ2) is 8.62. The average Bonchev–Trinajstić information content (AvgIpc) is 3.31. The van der Waals surface area contributed by atoms with Crippen LogP contribution in [0.1, 0.15) is 30.4 Å². The van der Waals surface area contributed by atoms with Crippen molar-refractivity contribution in [3.05, 3.63) is 35.4 Å². The molecule has 152 valence electrons. The molecule has 3 saturated heterocycles. The molecule has 0 aliphatic carbocycles. The molecular formula is C22H30N2O4. The third-order valence-corrected chi connectivity index (χ3v) is 6.33. The minimum absolute atomic E-state index is 0.0222. The Hall–Kier alpha value is -1.92. The van der Waals surface area contributed by atoms with Gasteiger partial charge in [-0.2, -0.15) is 0 Å². The van der Waals surface area contributed by atoms with E-state index in [0.29, 0.717) is 32.0 Å². The van der Waals surface area contributed by atoms with Gasteiger partial charge in [0.05, 0.1) is 24.5 Å². The Kier molecular flexibility index (Phi) is 5.97. The van der Waals surface area contributed by atoms with Crippen LogP contribution in [0.3, 0.4) is 0 Å². The van der Waals surface area contributed by atoms with Crippen LogP contribution in [-0.4, -0.2) is 61.8 Å². The van der Waals surface area contributed by atoms with E-state index in [1.165, 1.54) is 5.56 Å². The molecule has 0 bridgehead atoms. The minimum Gasteiger partial charge on any atom is -0.381 e. The third kappa shape index (κ3) is 4.23. The van der Waals surface area contributed by atoms with E-state index in [2.05, 4.69) is 5.32 Å². The van der Waals surface area contributed by atoms with Crippen molar-refractivity contribution >= 4 is 11.8 Å². The van der Waals surface area contributed by atoms with Crippen LogP contribution in [0.5, 0.6) is 0 Å². The number of ether oxygens (including phenoxy) is 2. The van der Waals surface area contributed by atoms with Crippen molar-refractivity contribution in [1.29, 1.82) is 0 Å². The summed E-state index contributed by atoms with van der Waals surface area (Å²) in [5, 5.41) is 3.11. The Morgan fingerprint density at radius 3 is 2.61 bits per heavy atom. The highest BCUT2D eigenvalue weighted by molar-refractivity contribution is 5.84. The number of fused-ring (bicyclic) bond motifs is 1. The fourth-order valence-electron chi connectivity index (χ4n) is 4.60. The summed E-state index contributed by atoms with van der Waals surface area (Å²) in [4.78, 5) is 27.7. The van der Waals surface area contributed by atoms with Gasteiger partial charge in [0.25, 0.3) is 0 Å². The Labute approximate surface area is 166 Å². The molecule has 0 saturated carbocycles. The van der Waals surface area contributed by atoms with Crippen LogP contribution in [0.2, 0.25) is 0 Å². The Bertz CT molecular complexity index is 699. The van der Waals surface area contributed by atoms with Crippen LogP contribution >= 0.6 is 0 Å². The predicted molar refractivity (Wildman–Crippen MR) is 105 cm³/mol. The molecule has 1 aromatic carbocycles. The summed E-state index contributed by atoms with van der Waals surface area (Å²) in [7, 11) is 0. The number of nitrogens with zero attached hydrogens (tertiary/aromatic N) is 1. The Balaban J connectivity index is 1.36. The SMILES string of the molecule is Cc1ccc(CC(=O)N2C[C@H](C(=O)NCC3CCOCC3)[C@H]3OCC[C@H]32)cc1. The fraction of sp³-hybridized carbons (Fsp3) is 0.636. The van der Waals surface area contributed by atoms with Crippen molar-refractivity contribution in [2.24, 2.45) is 11.8 Å². The molecule has 3 fully saturated rings. The van der Waals surface area contributed by atoms with E-state index in [1.807, 2.05) is 36.1 Å². The van der Waals surface area contributed by atoms with E-state index >= 15 is 0 Å². The van der Waals surface area contributed by atoms with Gasteiger partial charge >= 0.3 is 0 Å². The highest BCUT2D eigenvalue weighted by Crippen LogP contribution is 2.34. The highest BCUT2D eigenvalue weighted by Gasteiger charge is 2.50. The molecule has 6 heteroatoms. The number of hydrogen-bond acceptors (Lipinski definition) is 4. The van der Waals surface area contributed by atoms with Crippen molar-refractivity contribution < 1.29 is 19.1 Å². The standard InChI is InChI=1S/C22H30N2O4/c1-15-2-4-16(5-3-15)12-20(25)24-14-18(21-19(24)8-11-28-21)22(26)23-13-17-6-9-27-10-7-17/h2-5,17-19,21H,6-14H2,1H3,(H,23,26)/t18-,19+,21+/m0/s1. The fourth-order valence-corrected chi connectivity index (χ4v) is 4.60. The lowest BCUT2D eigenvalue weighted by molar-refractivity contribution is -0.131. The third-order valence-electron chi connectivity index (χ3n) is 6.33. The Morgan fingerprint density at radius 1 is 1.11 bits per heavy atom. The first-order chi connectivity index (χ1) is 13.6. The molecule has 1 N–H and O–H groups in total. The molecule has 1 aromatic rings. The van der Waals surface area contributed by atoms with Gasteiger partial charge in [-0.25, -0.2) is 0 Å². The summed E-state index contributed by atoms with van der Waals surface area (Å²) in [5.41, 5.74) is 2.20. The largest absolute Gasteiger partial charge is 0.381 e. The summed E-state index contributed by atoms with van der Waals surface area (Å²) in [5.74, 6) is 0.325. The van der Waals surface area contributed by atoms with Gasteiger partial charge in [0, 0.05) is 32.9 Å². The monoisotopic (exact) mass is 386 g/mol. The van der Waals surface area contributed by atoms with Crippen molar-refractivity contribution in [1.82, 2.24) is 10.2 Å². The number of carbonyl (C=O) groups is 2. The highest BCUT2D eigenvalue weighted by atomic mass is 16.5. The first-order valence-electron chi connectivity index (χ1n) is 10.4.